The monoisotopic (exact) mass is 343 g/mol. The first kappa shape index (κ1) is 17.6. The number of carbonyl (C=O) groups excluding carboxylic acids is 3. The van der Waals surface area contributed by atoms with Gasteiger partial charge in [0.2, 0.25) is 11.8 Å². The molecule has 134 valence electrons. The molecule has 0 radical (unpaired) electrons. The van der Waals surface area contributed by atoms with Gasteiger partial charge in [0, 0.05) is 11.6 Å². The minimum atomic E-state index is -0.373. The van der Waals surface area contributed by atoms with E-state index in [1.165, 1.54) is 13.3 Å². The van der Waals surface area contributed by atoms with Gasteiger partial charge in [-0.3, -0.25) is 19.3 Å². The normalized spacial score (nSPS) is 26.0. The number of fused-ring (bicyclic) bond motifs is 1. The quantitative estimate of drug-likeness (QED) is 0.799. The van der Waals surface area contributed by atoms with Gasteiger partial charge in [-0.15, -0.1) is 0 Å². The third kappa shape index (κ3) is 3.74. The number of primary amides is 1. The maximum Gasteiger partial charge on any atom is 0.238 e. The maximum atomic E-state index is 12.6. The van der Waals surface area contributed by atoms with Crippen molar-refractivity contribution in [3.8, 4) is 0 Å². The number of ketones is 1. The Kier molecular flexibility index (Phi) is 5.18. The summed E-state index contributed by atoms with van der Waals surface area (Å²) in [6.45, 7) is 1.60. The van der Waals surface area contributed by atoms with Crippen molar-refractivity contribution in [1.29, 1.82) is 0 Å². The average molecular weight is 343 g/mol. The number of nitrogens with two attached hydrogens (primary N) is 1. The molecule has 6 heteroatoms. The molecule has 0 aromatic heterocycles. The van der Waals surface area contributed by atoms with E-state index in [9.17, 15) is 14.4 Å². The Hall–Kier alpha value is -2.21. The van der Waals surface area contributed by atoms with Crippen LogP contribution in [0.3, 0.4) is 0 Å². The summed E-state index contributed by atoms with van der Waals surface area (Å²) in [5, 5.41) is 2.82. The number of nitrogens with one attached hydrogen (secondary N) is 1. The van der Waals surface area contributed by atoms with Gasteiger partial charge in [0.25, 0.3) is 0 Å². The van der Waals surface area contributed by atoms with Gasteiger partial charge in [0.05, 0.1) is 18.3 Å². The Morgan fingerprint density at radius 2 is 1.92 bits per heavy atom. The second kappa shape index (κ2) is 7.35. The van der Waals surface area contributed by atoms with E-state index in [0.717, 1.165) is 25.7 Å². The number of anilines is 1. The molecule has 1 aromatic rings. The average Bonchev–Trinajstić information content (AvgIpc) is 2.94. The van der Waals surface area contributed by atoms with Crippen LogP contribution < -0.4 is 11.1 Å². The van der Waals surface area contributed by atoms with E-state index in [1.54, 1.807) is 24.3 Å². The zero-order valence-corrected chi connectivity index (χ0v) is 14.5. The van der Waals surface area contributed by atoms with Crippen LogP contribution in [0.25, 0.3) is 0 Å². The van der Waals surface area contributed by atoms with Crippen LogP contribution in [-0.2, 0) is 9.59 Å². The molecule has 1 heterocycles. The van der Waals surface area contributed by atoms with Crippen LogP contribution in [0.5, 0.6) is 0 Å². The Bertz CT molecular complexity index is 688. The predicted molar refractivity (Wildman–Crippen MR) is 95.1 cm³/mol. The molecule has 0 bridgehead atoms. The third-order valence-corrected chi connectivity index (χ3v) is 5.46. The van der Waals surface area contributed by atoms with E-state index >= 15 is 0 Å². The lowest BCUT2D eigenvalue weighted by molar-refractivity contribution is -0.124. The van der Waals surface area contributed by atoms with Gasteiger partial charge in [-0.2, -0.15) is 0 Å². The van der Waals surface area contributed by atoms with E-state index in [0.29, 0.717) is 17.2 Å². The number of Topliss-reactive ketones (excluding diaryl/α,β-unsaturated/α-hetero) is 1. The van der Waals surface area contributed by atoms with Crippen molar-refractivity contribution in [2.45, 2.75) is 51.1 Å². The molecule has 1 aromatic carbocycles. The van der Waals surface area contributed by atoms with Gasteiger partial charge in [0.1, 0.15) is 0 Å². The number of amides is 2. The van der Waals surface area contributed by atoms with Gasteiger partial charge >= 0.3 is 0 Å². The number of para-hydroxylation sites is 1. The van der Waals surface area contributed by atoms with Crippen molar-refractivity contribution in [2.24, 2.45) is 11.7 Å². The number of carbonyl (C=O) groups is 3. The van der Waals surface area contributed by atoms with Gasteiger partial charge in [-0.1, -0.05) is 25.0 Å². The first-order valence-electron chi connectivity index (χ1n) is 8.92. The van der Waals surface area contributed by atoms with E-state index in [2.05, 4.69) is 5.32 Å². The summed E-state index contributed by atoms with van der Waals surface area (Å²) in [5.74, 6) is -0.222. The van der Waals surface area contributed by atoms with Crippen LogP contribution in [0.15, 0.2) is 24.3 Å². The molecule has 3 rings (SSSR count). The first-order chi connectivity index (χ1) is 12.0. The molecular formula is C19H25N3O3. The molecule has 1 aliphatic carbocycles. The summed E-state index contributed by atoms with van der Waals surface area (Å²) < 4.78 is 0. The van der Waals surface area contributed by atoms with Crippen LogP contribution in [0.1, 0.15) is 49.4 Å². The fourth-order valence-electron chi connectivity index (χ4n) is 4.31. The highest BCUT2D eigenvalue weighted by atomic mass is 16.2. The second-order valence-electron chi connectivity index (χ2n) is 7.09. The second-order valence-corrected chi connectivity index (χ2v) is 7.09. The fourth-order valence-corrected chi connectivity index (χ4v) is 4.31. The van der Waals surface area contributed by atoms with Crippen LogP contribution in [0.4, 0.5) is 5.69 Å². The molecular weight excluding hydrogens is 318 g/mol. The van der Waals surface area contributed by atoms with Crippen molar-refractivity contribution < 1.29 is 14.4 Å². The van der Waals surface area contributed by atoms with Crippen LogP contribution in [0.2, 0.25) is 0 Å². The van der Waals surface area contributed by atoms with Gasteiger partial charge in [0.15, 0.2) is 5.78 Å². The van der Waals surface area contributed by atoms with Gasteiger partial charge in [-0.05, 0) is 44.2 Å². The fraction of sp³-hybridized carbons (Fsp3) is 0.526. The lowest BCUT2D eigenvalue weighted by Crippen LogP contribution is -2.48. The molecule has 2 fully saturated rings. The zero-order valence-electron chi connectivity index (χ0n) is 14.5. The highest BCUT2D eigenvalue weighted by Crippen LogP contribution is 2.39. The lowest BCUT2D eigenvalue weighted by Gasteiger charge is -2.32. The third-order valence-electron chi connectivity index (χ3n) is 5.46. The van der Waals surface area contributed by atoms with Crippen molar-refractivity contribution in [3.05, 3.63) is 29.8 Å². The van der Waals surface area contributed by atoms with Crippen molar-refractivity contribution in [2.75, 3.05) is 11.9 Å². The Balaban J connectivity index is 1.73. The van der Waals surface area contributed by atoms with Crippen molar-refractivity contribution in [1.82, 2.24) is 4.90 Å². The minimum Gasteiger partial charge on any atom is -0.368 e. The topological polar surface area (TPSA) is 92.5 Å². The zero-order chi connectivity index (χ0) is 18.0. The van der Waals surface area contributed by atoms with E-state index in [4.69, 9.17) is 5.73 Å². The van der Waals surface area contributed by atoms with E-state index < -0.39 is 0 Å². The molecule has 0 spiro atoms. The number of hydrogen-bond acceptors (Lipinski definition) is 4. The van der Waals surface area contributed by atoms with E-state index in [-0.39, 0.29) is 36.2 Å². The van der Waals surface area contributed by atoms with Crippen LogP contribution in [0, 0.1) is 5.92 Å². The summed E-state index contributed by atoms with van der Waals surface area (Å²) >= 11 is 0. The molecule has 1 saturated heterocycles. The summed E-state index contributed by atoms with van der Waals surface area (Å²) in [4.78, 5) is 38.1. The highest BCUT2D eigenvalue weighted by molar-refractivity contribution is 6.04. The van der Waals surface area contributed by atoms with Crippen LogP contribution in [-0.4, -0.2) is 41.1 Å². The highest BCUT2D eigenvalue weighted by Gasteiger charge is 2.44. The Labute approximate surface area is 147 Å². The molecule has 2 aliphatic rings. The van der Waals surface area contributed by atoms with Gasteiger partial charge < -0.3 is 11.1 Å². The number of likely N-dealkylation sites (tertiary alicyclic amines) is 1. The summed E-state index contributed by atoms with van der Waals surface area (Å²) in [5.41, 5.74) is 6.57. The maximum absolute atomic E-state index is 12.6. The van der Waals surface area contributed by atoms with Crippen LogP contribution >= 0.6 is 0 Å². The number of rotatable bonds is 5. The lowest BCUT2D eigenvalue weighted by atomic mass is 9.84. The number of benzene rings is 1. The molecule has 1 aliphatic heterocycles. The molecule has 0 unspecified atom stereocenters. The van der Waals surface area contributed by atoms with Crippen molar-refractivity contribution in [3.63, 3.8) is 0 Å². The summed E-state index contributed by atoms with van der Waals surface area (Å²) in [6, 6.07) is 6.83. The molecule has 3 N–H and O–H groups in total. The molecule has 2 amide bonds. The molecule has 6 nitrogen and oxygen atoms in total. The van der Waals surface area contributed by atoms with Crippen molar-refractivity contribution >= 4 is 23.3 Å². The largest absolute Gasteiger partial charge is 0.368 e. The van der Waals surface area contributed by atoms with E-state index in [1.807, 2.05) is 4.90 Å². The Morgan fingerprint density at radius 1 is 1.20 bits per heavy atom. The SMILES string of the molecule is CC(=O)c1ccccc1NC(=O)CN1[C@@H]2CCCC[C@@H]2C[C@H]1C(N)=O. The smallest absolute Gasteiger partial charge is 0.238 e. The number of hydrogen-bond donors (Lipinski definition) is 2. The number of nitrogens with zero attached hydrogens (tertiary/aromatic N) is 1. The molecule has 1 saturated carbocycles. The van der Waals surface area contributed by atoms with Gasteiger partial charge in [-0.25, -0.2) is 0 Å². The Morgan fingerprint density at radius 3 is 2.64 bits per heavy atom. The minimum absolute atomic E-state index is 0.0978. The predicted octanol–water partition coefficient (Wildman–Crippen LogP) is 1.95. The first-order valence-corrected chi connectivity index (χ1v) is 8.92. The molecule has 3 atom stereocenters. The summed E-state index contributed by atoms with van der Waals surface area (Å²) in [6.07, 6.45) is 5.15. The summed E-state index contributed by atoms with van der Waals surface area (Å²) in [7, 11) is 0. The molecule has 25 heavy (non-hydrogen) atoms. The standard InChI is InChI=1S/C19H25N3O3/c1-12(23)14-7-3-4-8-15(14)21-18(24)11-22-16-9-5-2-6-13(16)10-17(22)19(20)25/h3-4,7-8,13,16-17H,2,5-6,9-11H2,1H3,(H2,20,25)(H,21,24)/t13-,16-,17+/m1/s1.